The molecule has 1 unspecified atom stereocenters. The van der Waals surface area contributed by atoms with Crippen molar-refractivity contribution < 1.29 is 26.6 Å². The summed E-state index contributed by atoms with van der Waals surface area (Å²) in [5, 5.41) is 0. The molecule has 0 amide bonds. The normalized spacial score (nSPS) is 14.0. The molecule has 0 aromatic carbocycles. The summed E-state index contributed by atoms with van der Waals surface area (Å²) in [6.45, 7) is 19.6. The largest absolute Gasteiger partial charge is 0.505 e. The average molecular weight is 440 g/mol. The van der Waals surface area contributed by atoms with E-state index in [1.807, 2.05) is 41.5 Å². The molecule has 0 aliphatic heterocycles. The standard InChI is InChI=1S/C19H45NO6Si2/c1-9-21-27(22-10-2,23-11-3)17-15-16-20(8)18-19(7)28(24-12-4,25-13-5)26-14-6/h19H,9-18H2,1-8H3. The predicted octanol–water partition coefficient (Wildman–Crippen LogP) is 3.80. The lowest BCUT2D eigenvalue weighted by Crippen LogP contribution is -2.52. The van der Waals surface area contributed by atoms with E-state index in [1.54, 1.807) is 0 Å². The Morgan fingerprint density at radius 1 is 0.679 bits per heavy atom. The maximum Gasteiger partial charge on any atom is 0.505 e. The molecule has 0 radical (unpaired) electrons. The van der Waals surface area contributed by atoms with E-state index >= 15 is 0 Å². The molecule has 0 rings (SSSR count). The van der Waals surface area contributed by atoms with Crippen LogP contribution < -0.4 is 0 Å². The highest BCUT2D eigenvalue weighted by atomic mass is 28.4. The number of hydrogen-bond donors (Lipinski definition) is 0. The van der Waals surface area contributed by atoms with Gasteiger partial charge in [0.05, 0.1) is 0 Å². The van der Waals surface area contributed by atoms with Crippen LogP contribution in [0.4, 0.5) is 0 Å². The Bertz CT molecular complexity index is 344. The van der Waals surface area contributed by atoms with Crippen LogP contribution in [0.25, 0.3) is 0 Å². The summed E-state index contributed by atoms with van der Waals surface area (Å²) in [5.74, 6) is 0. The second kappa shape index (κ2) is 15.9. The van der Waals surface area contributed by atoms with Gasteiger partial charge >= 0.3 is 17.6 Å². The van der Waals surface area contributed by atoms with Gasteiger partial charge in [-0.2, -0.15) is 0 Å². The fourth-order valence-corrected chi connectivity index (χ4v) is 8.83. The number of rotatable bonds is 19. The average Bonchev–Trinajstić information content (AvgIpc) is 2.63. The van der Waals surface area contributed by atoms with Crippen LogP contribution in [0.2, 0.25) is 11.6 Å². The van der Waals surface area contributed by atoms with Crippen molar-refractivity contribution in [3.8, 4) is 0 Å². The zero-order valence-electron chi connectivity index (χ0n) is 19.5. The molecule has 0 saturated carbocycles. The highest BCUT2D eigenvalue weighted by Gasteiger charge is 2.47. The van der Waals surface area contributed by atoms with Crippen molar-refractivity contribution in [2.45, 2.75) is 66.5 Å². The molecule has 0 spiro atoms. The van der Waals surface area contributed by atoms with Crippen molar-refractivity contribution >= 4 is 17.6 Å². The fraction of sp³-hybridized carbons (Fsp3) is 1.00. The minimum Gasteiger partial charge on any atom is -0.374 e. The summed E-state index contributed by atoms with van der Waals surface area (Å²) in [7, 11) is -3.12. The molecule has 9 heteroatoms. The van der Waals surface area contributed by atoms with E-state index in [9.17, 15) is 0 Å². The van der Waals surface area contributed by atoms with Gasteiger partial charge in [0, 0.05) is 57.8 Å². The lowest BCUT2D eigenvalue weighted by Gasteiger charge is -2.35. The summed E-state index contributed by atoms with van der Waals surface area (Å²) in [5.41, 5.74) is 0.199. The Morgan fingerprint density at radius 3 is 1.43 bits per heavy atom. The summed E-state index contributed by atoms with van der Waals surface area (Å²) in [6.07, 6.45) is 0.960. The van der Waals surface area contributed by atoms with Gasteiger partial charge in [-0.15, -0.1) is 0 Å². The molecule has 0 heterocycles. The molecule has 7 nitrogen and oxygen atoms in total. The molecule has 0 saturated heterocycles. The van der Waals surface area contributed by atoms with E-state index in [4.69, 9.17) is 26.6 Å². The van der Waals surface area contributed by atoms with Gasteiger partial charge in [-0.05, 0) is 61.6 Å². The van der Waals surface area contributed by atoms with Gasteiger partial charge in [-0.25, -0.2) is 0 Å². The molecule has 0 aromatic rings. The predicted molar refractivity (Wildman–Crippen MR) is 118 cm³/mol. The third-order valence-corrected chi connectivity index (χ3v) is 11.0. The molecule has 1 atom stereocenters. The van der Waals surface area contributed by atoms with Crippen LogP contribution in [-0.2, 0) is 26.6 Å². The van der Waals surface area contributed by atoms with Gasteiger partial charge in [0.2, 0.25) is 0 Å². The van der Waals surface area contributed by atoms with E-state index < -0.39 is 17.6 Å². The van der Waals surface area contributed by atoms with Crippen molar-refractivity contribution in [1.29, 1.82) is 0 Å². The van der Waals surface area contributed by atoms with Crippen molar-refractivity contribution in [1.82, 2.24) is 4.90 Å². The van der Waals surface area contributed by atoms with Crippen LogP contribution in [0.5, 0.6) is 0 Å². The Balaban J connectivity index is 4.81. The SMILES string of the molecule is CCO[Si](CCCN(C)CC(C)[Si](OCC)(OCC)OCC)(OCC)OCC. The lowest BCUT2D eigenvalue weighted by molar-refractivity contribution is 0.0577. The van der Waals surface area contributed by atoms with Gasteiger partial charge in [0.1, 0.15) is 0 Å². The van der Waals surface area contributed by atoms with E-state index in [2.05, 4.69) is 18.9 Å². The summed E-state index contributed by atoms with van der Waals surface area (Å²) >= 11 is 0. The third kappa shape index (κ3) is 9.77. The van der Waals surface area contributed by atoms with Crippen LogP contribution in [0.3, 0.4) is 0 Å². The molecular weight excluding hydrogens is 394 g/mol. The Hall–Kier alpha value is 0.154. The molecular formula is C19H45NO6Si2. The fourth-order valence-electron chi connectivity index (χ4n) is 3.39. The van der Waals surface area contributed by atoms with Gasteiger partial charge < -0.3 is 31.5 Å². The third-order valence-electron chi connectivity index (χ3n) is 4.34. The topological polar surface area (TPSA) is 58.6 Å². The van der Waals surface area contributed by atoms with Gasteiger partial charge in [-0.1, -0.05) is 6.92 Å². The molecule has 0 fully saturated rings. The highest BCUT2D eigenvalue weighted by molar-refractivity contribution is 6.62. The summed E-state index contributed by atoms with van der Waals surface area (Å²) in [4.78, 5) is 2.31. The van der Waals surface area contributed by atoms with Crippen LogP contribution in [0, 0.1) is 0 Å². The Morgan fingerprint density at radius 2 is 1.07 bits per heavy atom. The minimum absolute atomic E-state index is 0.199. The summed E-state index contributed by atoms with van der Waals surface area (Å²) < 4.78 is 36.0. The highest BCUT2D eigenvalue weighted by Crippen LogP contribution is 2.27. The Kier molecular flexibility index (Phi) is 16.0. The first kappa shape index (κ1) is 28.2. The van der Waals surface area contributed by atoms with Gasteiger partial charge in [-0.3, -0.25) is 0 Å². The maximum atomic E-state index is 6.04. The van der Waals surface area contributed by atoms with Crippen LogP contribution in [0.15, 0.2) is 0 Å². The first-order valence-corrected chi connectivity index (χ1v) is 14.6. The van der Waals surface area contributed by atoms with Crippen molar-refractivity contribution in [3.05, 3.63) is 0 Å². The lowest BCUT2D eigenvalue weighted by atomic mass is 10.4. The van der Waals surface area contributed by atoms with Gasteiger partial charge in [0.25, 0.3) is 0 Å². The van der Waals surface area contributed by atoms with Crippen LogP contribution in [-0.4, -0.2) is 82.3 Å². The molecule has 0 aliphatic carbocycles. The molecule has 0 aliphatic rings. The monoisotopic (exact) mass is 439 g/mol. The summed E-state index contributed by atoms with van der Waals surface area (Å²) in [6, 6.07) is 0.826. The molecule has 0 N–H and O–H groups in total. The smallest absolute Gasteiger partial charge is 0.374 e. The first-order valence-electron chi connectivity index (χ1n) is 10.9. The van der Waals surface area contributed by atoms with Crippen molar-refractivity contribution in [2.24, 2.45) is 0 Å². The van der Waals surface area contributed by atoms with Crippen LogP contribution in [0.1, 0.15) is 54.9 Å². The van der Waals surface area contributed by atoms with E-state index in [0.29, 0.717) is 39.6 Å². The number of hydrogen-bond acceptors (Lipinski definition) is 7. The quantitative estimate of drug-likeness (QED) is 0.284. The second-order valence-corrected chi connectivity index (χ2v) is 12.4. The maximum absolute atomic E-state index is 6.04. The number of nitrogens with zero attached hydrogens (tertiary/aromatic N) is 1. The zero-order valence-corrected chi connectivity index (χ0v) is 21.5. The van der Waals surface area contributed by atoms with E-state index in [0.717, 1.165) is 25.6 Å². The zero-order chi connectivity index (χ0) is 21.5. The first-order chi connectivity index (χ1) is 13.4. The second-order valence-electron chi connectivity index (χ2n) is 6.65. The minimum atomic E-state index is -2.68. The molecule has 0 bridgehead atoms. The Labute approximate surface area is 175 Å². The van der Waals surface area contributed by atoms with Gasteiger partial charge in [0.15, 0.2) is 0 Å². The molecule has 28 heavy (non-hydrogen) atoms. The van der Waals surface area contributed by atoms with E-state index in [-0.39, 0.29) is 5.54 Å². The van der Waals surface area contributed by atoms with Crippen LogP contribution >= 0.6 is 0 Å². The van der Waals surface area contributed by atoms with E-state index in [1.165, 1.54) is 0 Å². The van der Waals surface area contributed by atoms with Crippen molar-refractivity contribution in [2.75, 3.05) is 59.8 Å². The molecule has 170 valence electrons. The van der Waals surface area contributed by atoms with Crippen molar-refractivity contribution in [3.63, 3.8) is 0 Å². The molecule has 0 aromatic heterocycles.